The standard InChI is InChI=1S/C27H33FN5O3PS/c1-16-12-22(32-38-16)25(34)30-24-23-21(31-33(24)11-10-17-6-7-17)14-19(29-26(23)35)9-8-18-4-3-5-20(13-18)36-15-27(2,28)37/h3-5,12-13,17,19H,6-11,14-15,37H2,1-2H3,(H,29,35)(H,30,34). The van der Waals surface area contributed by atoms with Crippen molar-refractivity contribution in [3.05, 3.63) is 57.7 Å². The van der Waals surface area contributed by atoms with Gasteiger partial charge in [-0.05, 0) is 74.3 Å². The smallest absolute Gasteiger partial charge is 0.276 e. The topological polar surface area (TPSA) is 98.1 Å². The summed E-state index contributed by atoms with van der Waals surface area (Å²) in [5.74, 6) is 1.20. The van der Waals surface area contributed by atoms with E-state index in [9.17, 15) is 14.0 Å². The zero-order chi connectivity index (χ0) is 26.9. The lowest BCUT2D eigenvalue weighted by molar-refractivity contribution is 0.0923. The molecule has 11 heteroatoms. The van der Waals surface area contributed by atoms with Gasteiger partial charge in [-0.25, -0.2) is 9.07 Å². The number of hydrogen-bond acceptors (Lipinski definition) is 6. The van der Waals surface area contributed by atoms with Crippen molar-refractivity contribution in [1.82, 2.24) is 19.5 Å². The average Bonchev–Trinajstić information content (AvgIpc) is 3.49. The van der Waals surface area contributed by atoms with Crippen LogP contribution < -0.4 is 15.4 Å². The molecule has 0 spiro atoms. The SMILES string of the molecule is Cc1cc(C(=O)Nc2c3c(nn2CCC2CC2)CC(CCc2cccc(OCC(C)(F)P)c2)NC3=O)ns1. The summed E-state index contributed by atoms with van der Waals surface area (Å²) in [6.07, 6.45) is 5.44. The summed E-state index contributed by atoms with van der Waals surface area (Å²) in [5, 5.41) is 9.34. The number of benzene rings is 1. The van der Waals surface area contributed by atoms with E-state index in [1.165, 1.54) is 31.3 Å². The predicted molar refractivity (Wildman–Crippen MR) is 149 cm³/mol. The van der Waals surface area contributed by atoms with Crippen molar-refractivity contribution in [2.24, 2.45) is 5.92 Å². The number of rotatable bonds is 11. The van der Waals surface area contributed by atoms with Crippen molar-refractivity contribution in [3.8, 4) is 5.75 Å². The molecule has 1 fully saturated rings. The number of aromatic nitrogens is 3. The molecule has 0 bridgehead atoms. The molecule has 202 valence electrons. The van der Waals surface area contributed by atoms with Gasteiger partial charge in [-0.15, -0.1) is 0 Å². The number of ether oxygens (including phenoxy) is 1. The van der Waals surface area contributed by atoms with Crippen molar-refractivity contribution >= 4 is 38.4 Å². The molecule has 2 aliphatic rings. The van der Waals surface area contributed by atoms with Gasteiger partial charge >= 0.3 is 0 Å². The number of carbonyl (C=O) groups excluding carboxylic acids is 2. The molecule has 1 saturated carbocycles. The summed E-state index contributed by atoms with van der Waals surface area (Å²) in [7, 11) is 2.13. The Bertz CT molecular complexity index is 1330. The minimum absolute atomic E-state index is 0.0487. The zero-order valence-corrected chi connectivity index (χ0v) is 23.6. The van der Waals surface area contributed by atoms with Crippen LogP contribution >= 0.6 is 20.8 Å². The number of alkyl halides is 1. The molecule has 1 aliphatic heterocycles. The van der Waals surface area contributed by atoms with Gasteiger partial charge in [0.15, 0.2) is 5.41 Å². The number of fused-ring (bicyclic) bond motifs is 1. The Balaban J connectivity index is 1.28. The van der Waals surface area contributed by atoms with Gasteiger partial charge in [0.2, 0.25) is 0 Å². The van der Waals surface area contributed by atoms with Gasteiger partial charge in [0, 0.05) is 23.9 Å². The second-order valence-electron chi connectivity index (χ2n) is 10.5. The Hall–Kier alpha value is -2.84. The number of aryl methyl sites for hydroxylation is 3. The quantitative estimate of drug-likeness (QED) is 0.326. The summed E-state index contributed by atoms with van der Waals surface area (Å²) in [6.45, 7) is 3.96. The number of nitrogens with one attached hydrogen (secondary N) is 2. The van der Waals surface area contributed by atoms with Crippen LogP contribution in [0.4, 0.5) is 10.2 Å². The van der Waals surface area contributed by atoms with Gasteiger partial charge in [0.05, 0.1) is 5.69 Å². The molecule has 3 atom stereocenters. The molecule has 5 rings (SSSR count). The fourth-order valence-corrected chi connectivity index (χ4v) is 5.24. The highest BCUT2D eigenvalue weighted by Gasteiger charge is 2.33. The summed E-state index contributed by atoms with van der Waals surface area (Å²) >= 11 is 1.27. The molecule has 1 aromatic carbocycles. The van der Waals surface area contributed by atoms with Gasteiger partial charge in [-0.2, -0.15) is 9.47 Å². The van der Waals surface area contributed by atoms with Crippen LogP contribution in [-0.2, 0) is 19.4 Å². The first-order chi connectivity index (χ1) is 18.1. The van der Waals surface area contributed by atoms with Crippen LogP contribution in [0.15, 0.2) is 30.3 Å². The number of anilines is 1. The number of nitrogens with zero attached hydrogens (tertiary/aromatic N) is 3. The van der Waals surface area contributed by atoms with E-state index in [1.807, 2.05) is 31.2 Å². The number of carbonyl (C=O) groups is 2. The highest BCUT2D eigenvalue weighted by atomic mass is 32.1. The zero-order valence-electron chi connectivity index (χ0n) is 21.6. The molecule has 2 amide bonds. The molecule has 38 heavy (non-hydrogen) atoms. The fourth-order valence-electron chi connectivity index (χ4n) is 4.61. The lowest BCUT2D eigenvalue weighted by atomic mass is 9.96. The number of halogens is 1. The highest BCUT2D eigenvalue weighted by molar-refractivity contribution is 7.18. The normalized spacial score (nSPS) is 18.4. The van der Waals surface area contributed by atoms with Gasteiger partial charge in [0.1, 0.15) is 29.4 Å². The maximum atomic E-state index is 13.8. The largest absolute Gasteiger partial charge is 0.490 e. The maximum Gasteiger partial charge on any atom is 0.276 e. The Morgan fingerprint density at radius 1 is 1.34 bits per heavy atom. The van der Waals surface area contributed by atoms with Crippen molar-refractivity contribution in [3.63, 3.8) is 0 Å². The molecule has 3 aromatic rings. The predicted octanol–water partition coefficient (Wildman–Crippen LogP) is 4.93. The third-order valence-corrected chi connectivity index (χ3v) is 7.63. The molecule has 0 radical (unpaired) electrons. The van der Waals surface area contributed by atoms with E-state index >= 15 is 0 Å². The van der Waals surface area contributed by atoms with Crippen LogP contribution in [0.5, 0.6) is 5.75 Å². The minimum atomic E-state index is -1.49. The van der Waals surface area contributed by atoms with Gasteiger partial charge in [-0.3, -0.25) is 9.59 Å². The minimum Gasteiger partial charge on any atom is -0.490 e. The van der Waals surface area contributed by atoms with Crippen LogP contribution in [0.3, 0.4) is 0 Å². The lowest BCUT2D eigenvalue weighted by Gasteiger charge is -2.23. The van der Waals surface area contributed by atoms with Gasteiger partial charge in [-0.1, -0.05) is 34.2 Å². The molecular weight excluding hydrogens is 524 g/mol. The third kappa shape index (κ3) is 6.77. The maximum absolute atomic E-state index is 13.8. The molecule has 2 aromatic heterocycles. The van der Waals surface area contributed by atoms with E-state index in [1.54, 1.807) is 10.7 Å². The summed E-state index contributed by atoms with van der Waals surface area (Å²) in [5.41, 5.74) is 2.54. The van der Waals surface area contributed by atoms with Crippen molar-refractivity contribution < 1.29 is 18.7 Å². The number of amides is 2. The lowest BCUT2D eigenvalue weighted by Crippen LogP contribution is -2.41. The van der Waals surface area contributed by atoms with E-state index in [0.29, 0.717) is 53.8 Å². The Morgan fingerprint density at radius 2 is 2.16 bits per heavy atom. The molecular formula is C27H33FN5O3PS. The first kappa shape index (κ1) is 26.8. The Labute approximate surface area is 228 Å². The van der Waals surface area contributed by atoms with Crippen LogP contribution in [-0.4, -0.2) is 44.0 Å². The van der Waals surface area contributed by atoms with Gasteiger partial charge in [0.25, 0.3) is 11.8 Å². The highest BCUT2D eigenvalue weighted by Crippen LogP contribution is 2.34. The first-order valence-corrected chi connectivity index (χ1v) is 14.3. The van der Waals surface area contributed by atoms with Crippen LogP contribution in [0.1, 0.15) is 69.6 Å². The molecule has 0 saturated heterocycles. The van der Waals surface area contributed by atoms with Crippen LogP contribution in [0.2, 0.25) is 0 Å². The summed E-state index contributed by atoms with van der Waals surface area (Å²) < 4.78 is 25.3. The van der Waals surface area contributed by atoms with Crippen molar-refractivity contribution in [1.29, 1.82) is 0 Å². The van der Waals surface area contributed by atoms with E-state index in [4.69, 9.17) is 9.84 Å². The van der Waals surface area contributed by atoms with Crippen molar-refractivity contribution in [2.45, 2.75) is 70.4 Å². The first-order valence-electron chi connectivity index (χ1n) is 13.0. The Kier molecular flexibility index (Phi) is 7.82. The summed E-state index contributed by atoms with van der Waals surface area (Å²) in [4.78, 5) is 27.1. The molecule has 2 N–H and O–H groups in total. The molecule has 1 aliphatic carbocycles. The monoisotopic (exact) mass is 557 g/mol. The van der Waals surface area contributed by atoms with E-state index in [2.05, 4.69) is 24.2 Å². The molecule has 3 unspecified atom stereocenters. The Morgan fingerprint density at radius 3 is 2.87 bits per heavy atom. The molecule has 3 heterocycles. The summed E-state index contributed by atoms with van der Waals surface area (Å²) in [6, 6.07) is 9.26. The van der Waals surface area contributed by atoms with Gasteiger partial charge < -0.3 is 15.4 Å². The van der Waals surface area contributed by atoms with Crippen molar-refractivity contribution in [2.75, 3.05) is 11.9 Å². The third-order valence-electron chi connectivity index (χ3n) is 6.77. The second-order valence-corrected chi connectivity index (χ2v) is 12.7. The van der Waals surface area contributed by atoms with Crippen LogP contribution in [0.25, 0.3) is 0 Å². The number of hydrogen-bond donors (Lipinski definition) is 2. The van der Waals surface area contributed by atoms with E-state index < -0.39 is 5.41 Å². The second kappa shape index (κ2) is 11.1. The van der Waals surface area contributed by atoms with E-state index in [0.717, 1.165) is 23.3 Å². The molecule has 8 nitrogen and oxygen atoms in total. The van der Waals surface area contributed by atoms with E-state index in [-0.39, 0.29) is 24.5 Å². The van der Waals surface area contributed by atoms with Crippen LogP contribution in [0, 0.1) is 12.8 Å². The average molecular weight is 558 g/mol. The fraction of sp³-hybridized carbons (Fsp3) is 0.481.